The van der Waals surface area contributed by atoms with Crippen LogP contribution in [0.25, 0.3) is 0 Å². The van der Waals surface area contributed by atoms with E-state index in [4.69, 9.17) is 0 Å². The number of benzene rings is 2. The van der Waals surface area contributed by atoms with Crippen molar-refractivity contribution < 1.29 is 23.9 Å². The molecule has 2 aromatic rings. The molecule has 0 bridgehead atoms. The Morgan fingerprint density at radius 1 is 1.08 bits per heavy atom. The highest BCUT2D eigenvalue weighted by Gasteiger charge is 2.43. The first-order valence-electron chi connectivity index (χ1n) is 12.2. The standard InChI is InChI=1S/C28H34FN3O4/c1-5-9-19-14-17(2)24(18(3)15-19)31-27(36)30-23-16-21(29)12-13-22(23)25(33)32-28(4,26(34)35)20-10-7-6-8-11-20/h5,12-16,20H,1,6-11H2,2-4H3,(H,32,33)(H,34,35)(H2,30,31,36)/t28-/m1/s1. The van der Waals surface area contributed by atoms with Crippen LogP contribution in [0, 0.1) is 25.6 Å². The Morgan fingerprint density at radius 3 is 2.31 bits per heavy atom. The second-order valence-corrected chi connectivity index (χ2v) is 9.66. The van der Waals surface area contributed by atoms with Gasteiger partial charge >= 0.3 is 12.0 Å². The molecule has 3 amide bonds. The molecular weight excluding hydrogens is 461 g/mol. The van der Waals surface area contributed by atoms with Gasteiger partial charge in [0.15, 0.2) is 0 Å². The summed E-state index contributed by atoms with van der Waals surface area (Å²) >= 11 is 0. The number of carbonyl (C=O) groups is 3. The highest BCUT2D eigenvalue weighted by atomic mass is 19.1. The summed E-state index contributed by atoms with van der Waals surface area (Å²) in [7, 11) is 0. The number of anilines is 2. The Bertz CT molecular complexity index is 1150. The summed E-state index contributed by atoms with van der Waals surface area (Å²) in [5.74, 6) is -2.68. The van der Waals surface area contributed by atoms with Crippen LogP contribution in [0.4, 0.5) is 20.6 Å². The number of allylic oxidation sites excluding steroid dienone is 1. The average Bonchev–Trinajstić information content (AvgIpc) is 2.82. The molecule has 36 heavy (non-hydrogen) atoms. The third-order valence-corrected chi connectivity index (χ3v) is 6.92. The molecule has 0 spiro atoms. The van der Waals surface area contributed by atoms with Crippen molar-refractivity contribution >= 4 is 29.3 Å². The lowest BCUT2D eigenvalue weighted by molar-refractivity contribution is -0.146. The van der Waals surface area contributed by atoms with Gasteiger partial charge in [-0.15, -0.1) is 6.58 Å². The number of hydrogen-bond donors (Lipinski definition) is 4. The van der Waals surface area contributed by atoms with Gasteiger partial charge < -0.3 is 21.1 Å². The van der Waals surface area contributed by atoms with Crippen molar-refractivity contribution in [1.29, 1.82) is 0 Å². The number of carboxylic acids is 1. The summed E-state index contributed by atoms with van der Waals surface area (Å²) in [4.78, 5) is 38.2. The van der Waals surface area contributed by atoms with Gasteiger partial charge in [-0.2, -0.15) is 0 Å². The molecule has 0 radical (unpaired) electrons. The van der Waals surface area contributed by atoms with E-state index in [2.05, 4.69) is 22.5 Å². The summed E-state index contributed by atoms with van der Waals surface area (Å²) in [5, 5.41) is 17.9. The van der Waals surface area contributed by atoms with Crippen LogP contribution < -0.4 is 16.0 Å². The van der Waals surface area contributed by atoms with E-state index < -0.39 is 29.3 Å². The smallest absolute Gasteiger partial charge is 0.329 e. The number of amides is 3. The predicted molar refractivity (Wildman–Crippen MR) is 139 cm³/mol. The van der Waals surface area contributed by atoms with Crippen molar-refractivity contribution in [2.75, 3.05) is 10.6 Å². The number of urea groups is 1. The number of rotatable bonds is 8. The lowest BCUT2D eigenvalue weighted by Crippen LogP contribution is -2.57. The normalized spacial score (nSPS) is 15.4. The van der Waals surface area contributed by atoms with E-state index in [1.54, 1.807) is 6.08 Å². The first-order chi connectivity index (χ1) is 17.0. The molecular formula is C28H34FN3O4. The van der Waals surface area contributed by atoms with Crippen LogP contribution in [0.2, 0.25) is 0 Å². The summed E-state index contributed by atoms with van der Waals surface area (Å²) in [6, 6.07) is 6.63. The van der Waals surface area contributed by atoms with Crippen LogP contribution in [-0.4, -0.2) is 28.6 Å². The van der Waals surface area contributed by atoms with Gasteiger partial charge in [0, 0.05) is 5.69 Å². The fourth-order valence-electron chi connectivity index (χ4n) is 4.93. The van der Waals surface area contributed by atoms with Crippen LogP contribution in [0.3, 0.4) is 0 Å². The van der Waals surface area contributed by atoms with Crippen LogP contribution >= 0.6 is 0 Å². The minimum atomic E-state index is -1.48. The van der Waals surface area contributed by atoms with Gasteiger partial charge in [0.05, 0.1) is 11.3 Å². The Kier molecular flexibility index (Phi) is 8.50. The highest BCUT2D eigenvalue weighted by molar-refractivity contribution is 6.08. The van der Waals surface area contributed by atoms with E-state index in [0.717, 1.165) is 48.1 Å². The molecule has 0 aromatic heterocycles. The molecule has 0 saturated heterocycles. The quantitative estimate of drug-likeness (QED) is 0.339. The zero-order chi connectivity index (χ0) is 26.5. The number of halogens is 1. The van der Waals surface area contributed by atoms with Gasteiger partial charge in [-0.25, -0.2) is 14.0 Å². The second-order valence-electron chi connectivity index (χ2n) is 9.66. The van der Waals surface area contributed by atoms with Crippen molar-refractivity contribution in [3.63, 3.8) is 0 Å². The molecule has 1 atom stereocenters. The van der Waals surface area contributed by atoms with E-state index in [1.165, 1.54) is 13.0 Å². The number of nitrogens with one attached hydrogen (secondary N) is 3. The summed E-state index contributed by atoms with van der Waals surface area (Å²) in [6.07, 6.45) is 6.74. The fourth-order valence-corrected chi connectivity index (χ4v) is 4.93. The molecule has 1 aliphatic rings. The Balaban J connectivity index is 1.82. The van der Waals surface area contributed by atoms with Crippen molar-refractivity contribution in [1.82, 2.24) is 5.32 Å². The monoisotopic (exact) mass is 495 g/mol. The van der Waals surface area contributed by atoms with Crippen LogP contribution in [0.15, 0.2) is 43.0 Å². The molecule has 1 fully saturated rings. The molecule has 192 valence electrons. The molecule has 0 unspecified atom stereocenters. The van der Waals surface area contributed by atoms with Crippen molar-refractivity contribution in [2.24, 2.45) is 5.92 Å². The number of carboxylic acid groups (broad SMARTS) is 1. The zero-order valence-electron chi connectivity index (χ0n) is 21.0. The zero-order valence-corrected chi connectivity index (χ0v) is 21.0. The molecule has 7 nitrogen and oxygen atoms in total. The summed E-state index contributed by atoms with van der Waals surface area (Å²) in [6.45, 7) is 8.99. The number of aliphatic carboxylic acids is 1. The maximum Gasteiger partial charge on any atom is 0.329 e. The second kappa shape index (κ2) is 11.4. The van der Waals surface area contributed by atoms with Crippen molar-refractivity contribution in [2.45, 2.75) is 64.8 Å². The third-order valence-electron chi connectivity index (χ3n) is 6.92. The Hall–Kier alpha value is -3.68. The third kappa shape index (κ3) is 6.11. The largest absolute Gasteiger partial charge is 0.480 e. The van der Waals surface area contributed by atoms with Gasteiger partial charge in [-0.3, -0.25) is 4.79 Å². The van der Waals surface area contributed by atoms with E-state index in [9.17, 15) is 23.9 Å². The number of carbonyl (C=O) groups excluding carboxylic acids is 2. The lowest BCUT2D eigenvalue weighted by Gasteiger charge is -2.37. The SMILES string of the molecule is C=CCc1cc(C)c(NC(=O)Nc2cc(F)ccc2C(=O)N[C@@](C)(C(=O)O)C2CCCCC2)c(C)c1. The molecule has 0 heterocycles. The molecule has 8 heteroatoms. The lowest BCUT2D eigenvalue weighted by atomic mass is 9.75. The molecule has 2 aromatic carbocycles. The van der Waals surface area contributed by atoms with E-state index in [1.807, 2.05) is 26.0 Å². The highest BCUT2D eigenvalue weighted by Crippen LogP contribution is 2.33. The maximum absolute atomic E-state index is 14.1. The van der Waals surface area contributed by atoms with Gasteiger partial charge in [-0.05, 0) is 80.8 Å². The molecule has 1 aliphatic carbocycles. The minimum absolute atomic E-state index is 0.0235. The molecule has 3 rings (SSSR count). The van der Waals surface area contributed by atoms with Crippen molar-refractivity contribution in [3.8, 4) is 0 Å². The van der Waals surface area contributed by atoms with E-state index in [-0.39, 0.29) is 17.2 Å². The minimum Gasteiger partial charge on any atom is -0.480 e. The van der Waals surface area contributed by atoms with Crippen LogP contribution in [0.1, 0.15) is 66.1 Å². The Labute approximate surface area is 211 Å². The number of hydrogen-bond acceptors (Lipinski definition) is 3. The summed E-state index contributed by atoms with van der Waals surface area (Å²) < 4.78 is 14.1. The topological polar surface area (TPSA) is 108 Å². The van der Waals surface area contributed by atoms with Crippen LogP contribution in [0.5, 0.6) is 0 Å². The molecule has 1 saturated carbocycles. The fraction of sp³-hybridized carbons (Fsp3) is 0.393. The average molecular weight is 496 g/mol. The van der Waals surface area contributed by atoms with Gasteiger partial charge in [0.2, 0.25) is 0 Å². The maximum atomic E-state index is 14.1. The molecule has 4 N–H and O–H groups in total. The van der Waals surface area contributed by atoms with Gasteiger partial charge in [0.25, 0.3) is 5.91 Å². The Morgan fingerprint density at radius 2 is 1.72 bits per heavy atom. The first kappa shape index (κ1) is 26.9. The van der Waals surface area contributed by atoms with Gasteiger partial charge in [0.1, 0.15) is 11.4 Å². The summed E-state index contributed by atoms with van der Waals surface area (Å²) in [5.41, 5.74) is 1.82. The van der Waals surface area contributed by atoms with E-state index in [0.29, 0.717) is 24.9 Å². The van der Waals surface area contributed by atoms with Crippen molar-refractivity contribution in [3.05, 3.63) is 71.1 Å². The van der Waals surface area contributed by atoms with Gasteiger partial charge in [-0.1, -0.05) is 37.5 Å². The number of aryl methyl sites for hydroxylation is 2. The first-order valence-corrected chi connectivity index (χ1v) is 12.2. The molecule has 0 aliphatic heterocycles. The van der Waals surface area contributed by atoms with Crippen LogP contribution in [-0.2, 0) is 11.2 Å². The predicted octanol–water partition coefficient (Wildman–Crippen LogP) is 5.97. The van der Waals surface area contributed by atoms with E-state index >= 15 is 0 Å².